The van der Waals surface area contributed by atoms with Crippen LogP contribution in [0.15, 0.2) is 64.0 Å². The molecule has 2 aromatic carbocycles. The SMILES string of the molecule is CN1C2CCC1C(C(=O)OCCOS(=O)(=O)c1ccccc1)C(c1ccc(Br)cc1)C2. The molecule has 0 aromatic heterocycles. The minimum atomic E-state index is -3.86. The number of halogens is 1. The lowest BCUT2D eigenvalue weighted by molar-refractivity contribution is -0.154. The first kappa shape index (κ1) is 22.5. The van der Waals surface area contributed by atoms with Gasteiger partial charge in [-0.2, -0.15) is 8.42 Å². The van der Waals surface area contributed by atoms with Gasteiger partial charge in [-0.05, 0) is 56.1 Å². The normalized spacial score (nSPS) is 26.0. The summed E-state index contributed by atoms with van der Waals surface area (Å²) in [6.45, 7) is -0.309. The third-order valence-electron chi connectivity index (χ3n) is 6.44. The fourth-order valence-electron chi connectivity index (χ4n) is 4.88. The lowest BCUT2D eigenvalue weighted by Crippen LogP contribution is -2.49. The first-order chi connectivity index (χ1) is 14.9. The topological polar surface area (TPSA) is 72.9 Å². The van der Waals surface area contributed by atoms with Crippen LogP contribution in [0.3, 0.4) is 0 Å². The van der Waals surface area contributed by atoms with E-state index in [4.69, 9.17) is 8.92 Å². The van der Waals surface area contributed by atoms with Gasteiger partial charge in [0.05, 0.1) is 10.8 Å². The lowest BCUT2D eigenvalue weighted by Gasteiger charge is -2.42. The summed E-state index contributed by atoms with van der Waals surface area (Å²) < 4.78 is 36.0. The van der Waals surface area contributed by atoms with Gasteiger partial charge in [-0.25, -0.2) is 0 Å². The smallest absolute Gasteiger partial charge is 0.311 e. The van der Waals surface area contributed by atoms with Gasteiger partial charge in [-0.15, -0.1) is 0 Å². The van der Waals surface area contributed by atoms with Crippen LogP contribution >= 0.6 is 15.9 Å². The monoisotopic (exact) mass is 507 g/mol. The van der Waals surface area contributed by atoms with Crippen LogP contribution in [0.1, 0.15) is 30.7 Å². The summed E-state index contributed by atoms with van der Waals surface area (Å²) in [4.78, 5) is 15.5. The first-order valence-corrected chi connectivity index (χ1v) is 12.7. The highest BCUT2D eigenvalue weighted by molar-refractivity contribution is 9.10. The standard InChI is InChI=1S/C23H26BrNO5S/c1-25-18-11-12-21(25)22(20(15-18)16-7-9-17(24)10-8-16)23(26)29-13-14-30-31(27,28)19-5-3-2-4-6-19/h2-10,18,20-22H,11-15H2,1H3. The summed E-state index contributed by atoms with van der Waals surface area (Å²) >= 11 is 3.47. The predicted octanol–water partition coefficient (Wildman–Crippen LogP) is 3.96. The van der Waals surface area contributed by atoms with Crippen molar-refractivity contribution in [3.05, 3.63) is 64.6 Å². The molecule has 2 fully saturated rings. The van der Waals surface area contributed by atoms with E-state index in [-0.39, 0.29) is 42.0 Å². The average Bonchev–Trinajstić information content (AvgIpc) is 3.00. The Hall–Kier alpha value is -1.74. The number of ether oxygens (including phenoxy) is 1. The van der Waals surface area contributed by atoms with E-state index in [1.165, 1.54) is 12.1 Å². The van der Waals surface area contributed by atoms with Gasteiger partial charge in [0.15, 0.2) is 0 Å². The van der Waals surface area contributed by atoms with Crippen molar-refractivity contribution in [2.45, 2.75) is 42.2 Å². The number of esters is 1. The molecule has 4 unspecified atom stereocenters. The van der Waals surface area contributed by atoms with Crippen LogP contribution in [0.2, 0.25) is 0 Å². The number of rotatable bonds is 7. The Kier molecular flexibility index (Phi) is 6.81. The lowest BCUT2D eigenvalue weighted by atomic mass is 9.76. The molecule has 2 aliphatic heterocycles. The molecule has 2 aliphatic rings. The van der Waals surface area contributed by atoms with Gasteiger partial charge in [0.25, 0.3) is 10.1 Å². The second-order valence-corrected chi connectivity index (χ2v) is 10.7. The molecule has 4 rings (SSSR count). The van der Waals surface area contributed by atoms with E-state index >= 15 is 0 Å². The highest BCUT2D eigenvalue weighted by atomic mass is 79.9. The summed E-state index contributed by atoms with van der Waals surface area (Å²) in [5.41, 5.74) is 1.14. The number of hydrogen-bond donors (Lipinski definition) is 0. The van der Waals surface area contributed by atoms with Crippen molar-refractivity contribution in [2.24, 2.45) is 5.92 Å². The molecule has 0 N–H and O–H groups in total. The Bertz CT molecular complexity index is 1010. The zero-order valence-corrected chi connectivity index (χ0v) is 19.7. The van der Waals surface area contributed by atoms with Crippen LogP contribution in [0.4, 0.5) is 0 Å². The highest BCUT2D eigenvalue weighted by Gasteiger charge is 2.49. The molecule has 0 radical (unpaired) electrons. The molecule has 166 valence electrons. The Morgan fingerprint density at radius 3 is 2.48 bits per heavy atom. The largest absolute Gasteiger partial charge is 0.463 e. The van der Waals surface area contributed by atoms with E-state index < -0.39 is 10.1 Å². The van der Waals surface area contributed by atoms with Gasteiger partial charge in [-0.3, -0.25) is 13.9 Å². The van der Waals surface area contributed by atoms with E-state index in [9.17, 15) is 13.2 Å². The third kappa shape index (κ3) is 4.87. The van der Waals surface area contributed by atoms with Gasteiger partial charge in [0.2, 0.25) is 0 Å². The van der Waals surface area contributed by atoms with Crippen LogP contribution in [0, 0.1) is 5.92 Å². The summed E-state index contributed by atoms with van der Waals surface area (Å²) in [6, 6.07) is 16.7. The molecule has 2 saturated heterocycles. The molecule has 6 nitrogen and oxygen atoms in total. The number of hydrogen-bond acceptors (Lipinski definition) is 6. The van der Waals surface area contributed by atoms with Crippen LogP contribution in [-0.4, -0.2) is 51.6 Å². The van der Waals surface area contributed by atoms with E-state index in [2.05, 4.69) is 40.0 Å². The fourth-order valence-corrected chi connectivity index (χ4v) is 6.06. The van der Waals surface area contributed by atoms with E-state index in [0.717, 1.165) is 29.3 Å². The quantitative estimate of drug-likeness (QED) is 0.320. The van der Waals surface area contributed by atoms with Gasteiger partial charge < -0.3 is 4.74 Å². The van der Waals surface area contributed by atoms with Gasteiger partial charge in [-0.1, -0.05) is 46.3 Å². The summed E-state index contributed by atoms with van der Waals surface area (Å²) in [6.07, 6.45) is 2.95. The number of carbonyl (C=O) groups excluding carboxylic acids is 1. The van der Waals surface area contributed by atoms with Crippen molar-refractivity contribution in [1.82, 2.24) is 4.90 Å². The molecular formula is C23H26BrNO5S. The molecule has 31 heavy (non-hydrogen) atoms. The van der Waals surface area contributed by atoms with Crippen LogP contribution in [-0.2, 0) is 23.8 Å². The van der Waals surface area contributed by atoms with E-state index in [0.29, 0.717) is 6.04 Å². The molecule has 2 bridgehead atoms. The number of benzene rings is 2. The van der Waals surface area contributed by atoms with Crippen LogP contribution < -0.4 is 0 Å². The Morgan fingerprint density at radius 2 is 1.77 bits per heavy atom. The molecule has 0 saturated carbocycles. The van der Waals surface area contributed by atoms with Crippen molar-refractivity contribution in [1.29, 1.82) is 0 Å². The first-order valence-electron chi connectivity index (χ1n) is 10.5. The Morgan fingerprint density at radius 1 is 1.06 bits per heavy atom. The van der Waals surface area contributed by atoms with Crippen molar-refractivity contribution in [3.63, 3.8) is 0 Å². The summed E-state index contributed by atoms with van der Waals surface area (Å²) in [7, 11) is -1.78. The minimum absolute atomic E-state index is 0.0857. The maximum absolute atomic E-state index is 13.1. The van der Waals surface area contributed by atoms with Crippen molar-refractivity contribution >= 4 is 32.0 Å². The van der Waals surface area contributed by atoms with Crippen molar-refractivity contribution in [2.75, 3.05) is 20.3 Å². The van der Waals surface area contributed by atoms with Gasteiger partial charge in [0.1, 0.15) is 13.2 Å². The Labute approximate surface area is 191 Å². The Balaban J connectivity index is 1.41. The molecule has 4 atom stereocenters. The predicted molar refractivity (Wildman–Crippen MR) is 120 cm³/mol. The number of nitrogens with zero attached hydrogens (tertiary/aromatic N) is 1. The van der Waals surface area contributed by atoms with Gasteiger partial charge in [0, 0.05) is 22.5 Å². The van der Waals surface area contributed by atoms with Crippen molar-refractivity contribution < 1.29 is 22.1 Å². The maximum atomic E-state index is 13.1. The average molecular weight is 508 g/mol. The molecule has 0 spiro atoms. The molecule has 8 heteroatoms. The second kappa shape index (κ2) is 9.40. The zero-order chi connectivity index (χ0) is 22.0. The van der Waals surface area contributed by atoms with Gasteiger partial charge >= 0.3 is 5.97 Å². The second-order valence-electron chi connectivity index (χ2n) is 8.14. The molecule has 0 aliphatic carbocycles. The number of fused-ring (bicyclic) bond motifs is 2. The molecular weight excluding hydrogens is 482 g/mol. The molecule has 0 amide bonds. The third-order valence-corrected chi connectivity index (χ3v) is 8.29. The number of piperidine rings is 1. The summed E-state index contributed by atoms with van der Waals surface area (Å²) in [5.74, 6) is -0.482. The molecule has 2 heterocycles. The fraction of sp³-hybridized carbons (Fsp3) is 0.435. The molecule has 2 aromatic rings. The maximum Gasteiger partial charge on any atom is 0.311 e. The zero-order valence-electron chi connectivity index (χ0n) is 17.3. The minimum Gasteiger partial charge on any atom is -0.463 e. The van der Waals surface area contributed by atoms with Crippen molar-refractivity contribution in [3.8, 4) is 0 Å². The summed E-state index contributed by atoms with van der Waals surface area (Å²) in [5, 5.41) is 0. The number of carbonyl (C=O) groups is 1. The van der Waals surface area contributed by atoms with Crippen LogP contribution in [0.25, 0.3) is 0 Å². The van der Waals surface area contributed by atoms with E-state index in [1.54, 1.807) is 18.2 Å². The highest BCUT2D eigenvalue weighted by Crippen LogP contribution is 2.46. The van der Waals surface area contributed by atoms with Crippen LogP contribution in [0.5, 0.6) is 0 Å². The van der Waals surface area contributed by atoms with E-state index in [1.807, 2.05) is 12.1 Å².